The zero-order valence-corrected chi connectivity index (χ0v) is 14.3. The normalized spacial score (nSPS) is 13.1. The molecule has 2 aromatic rings. The third-order valence-electron chi connectivity index (χ3n) is 2.95. The number of nitrogens with one attached hydrogen (secondary N) is 1. The van der Waals surface area contributed by atoms with E-state index in [4.69, 9.17) is 17.3 Å². The van der Waals surface area contributed by atoms with E-state index >= 15 is 0 Å². The van der Waals surface area contributed by atoms with Gasteiger partial charge in [0, 0.05) is 15.5 Å². The predicted octanol–water partition coefficient (Wildman–Crippen LogP) is 3.72. The minimum Gasteiger partial charge on any atom is -0.398 e. The van der Waals surface area contributed by atoms with Crippen molar-refractivity contribution in [1.82, 2.24) is 4.72 Å². The summed E-state index contributed by atoms with van der Waals surface area (Å²) in [6.07, 6.45) is 0. The van der Waals surface area contributed by atoms with Crippen LogP contribution in [0.1, 0.15) is 18.5 Å². The lowest BCUT2D eigenvalue weighted by Crippen LogP contribution is -2.27. The molecule has 21 heavy (non-hydrogen) atoms. The van der Waals surface area contributed by atoms with Crippen molar-refractivity contribution < 1.29 is 8.42 Å². The Bertz CT molecular complexity index is 765. The molecule has 2 rings (SSSR count). The Labute approximate surface area is 137 Å². The van der Waals surface area contributed by atoms with Gasteiger partial charge >= 0.3 is 0 Å². The van der Waals surface area contributed by atoms with Gasteiger partial charge in [-0.05, 0) is 42.8 Å². The lowest BCUT2D eigenvalue weighted by atomic mass is 10.1. The highest BCUT2D eigenvalue weighted by molar-refractivity contribution is 9.10. The molecule has 0 saturated carbocycles. The lowest BCUT2D eigenvalue weighted by Gasteiger charge is -2.16. The van der Waals surface area contributed by atoms with E-state index in [1.165, 1.54) is 6.07 Å². The Kier molecular flexibility index (Phi) is 4.93. The average Bonchev–Trinajstić information content (AvgIpc) is 2.41. The molecule has 0 aliphatic carbocycles. The summed E-state index contributed by atoms with van der Waals surface area (Å²) < 4.78 is 28.1. The summed E-state index contributed by atoms with van der Waals surface area (Å²) in [6, 6.07) is 11.3. The zero-order chi connectivity index (χ0) is 15.6. The standard InChI is InChI=1S/C14H14BrClN2O2S/c1-9(10-3-2-4-12(16)7-10)18-21(19,20)14-8-11(15)5-6-13(14)17/h2-9,18H,17H2,1H3. The molecule has 1 unspecified atom stereocenters. The molecule has 2 aromatic carbocycles. The van der Waals surface area contributed by atoms with E-state index in [9.17, 15) is 8.42 Å². The van der Waals surface area contributed by atoms with Gasteiger partial charge in [0.15, 0.2) is 0 Å². The molecule has 0 aliphatic heterocycles. The van der Waals surface area contributed by atoms with Gasteiger partial charge in [-0.25, -0.2) is 13.1 Å². The molecule has 0 fully saturated rings. The van der Waals surface area contributed by atoms with Crippen LogP contribution in [0.15, 0.2) is 51.8 Å². The fourth-order valence-corrected chi connectivity index (χ4v) is 3.98. The number of benzene rings is 2. The van der Waals surface area contributed by atoms with E-state index in [0.717, 1.165) is 5.56 Å². The van der Waals surface area contributed by atoms with Gasteiger partial charge in [-0.15, -0.1) is 0 Å². The Morgan fingerprint density at radius 3 is 2.62 bits per heavy atom. The largest absolute Gasteiger partial charge is 0.398 e. The number of hydrogen-bond donors (Lipinski definition) is 2. The van der Waals surface area contributed by atoms with Crippen molar-refractivity contribution in [1.29, 1.82) is 0 Å². The smallest absolute Gasteiger partial charge is 0.243 e. The fourth-order valence-electron chi connectivity index (χ4n) is 1.88. The van der Waals surface area contributed by atoms with Crippen LogP contribution in [0.25, 0.3) is 0 Å². The zero-order valence-electron chi connectivity index (χ0n) is 11.2. The van der Waals surface area contributed by atoms with Gasteiger partial charge in [-0.3, -0.25) is 0 Å². The molecule has 0 saturated heterocycles. The topological polar surface area (TPSA) is 72.2 Å². The molecule has 0 heterocycles. The van der Waals surface area contributed by atoms with Crippen molar-refractivity contribution in [3.05, 3.63) is 57.5 Å². The minimum absolute atomic E-state index is 0.0470. The summed E-state index contributed by atoms with van der Waals surface area (Å²) in [5.74, 6) is 0. The van der Waals surface area contributed by atoms with Crippen LogP contribution < -0.4 is 10.5 Å². The van der Waals surface area contributed by atoms with Gasteiger partial charge in [0.25, 0.3) is 0 Å². The van der Waals surface area contributed by atoms with E-state index in [2.05, 4.69) is 20.7 Å². The number of rotatable bonds is 4. The molecule has 0 bridgehead atoms. The number of nitrogens with two attached hydrogens (primary N) is 1. The Morgan fingerprint density at radius 2 is 1.95 bits per heavy atom. The first-order valence-electron chi connectivity index (χ1n) is 6.12. The molecule has 0 spiro atoms. The van der Waals surface area contributed by atoms with Crippen molar-refractivity contribution in [2.75, 3.05) is 5.73 Å². The second-order valence-electron chi connectivity index (χ2n) is 4.58. The summed E-state index contributed by atoms with van der Waals surface area (Å²) in [5.41, 5.74) is 6.73. The quantitative estimate of drug-likeness (QED) is 0.783. The van der Waals surface area contributed by atoms with Gasteiger partial charge in [-0.2, -0.15) is 0 Å². The number of nitrogen functional groups attached to an aromatic ring is 1. The van der Waals surface area contributed by atoms with E-state index < -0.39 is 16.1 Å². The number of halogens is 2. The van der Waals surface area contributed by atoms with Crippen LogP contribution in [-0.2, 0) is 10.0 Å². The third-order valence-corrected chi connectivity index (χ3v) is 5.27. The lowest BCUT2D eigenvalue weighted by molar-refractivity contribution is 0.567. The van der Waals surface area contributed by atoms with Crippen LogP contribution in [0.2, 0.25) is 5.02 Å². The molecule has 1 atom stereocenters. The highest BCUT2D eigenvalue weighted by atomic mass is 79.9. The van der Waals surface area contributed by atoms with Crippen molar-refractivity contribution >= 4 is 43.2 Å². The molecular weight excluding hydrogens is 376 g/mol. The minimum atomic E-state index is -3.72. The maximum Gasteiger partial charge on any atom is 0.243 e. The molecule has 0 amide bonds. The third kappa shape index (κ3) is 3.97. The molecular formula is C14H14BrClN2O2S. The Hall–Kier alpha value is -1.08. The Balaban J connectivity index is 2.31. The molecule has 0 aliphatic rings. The van der Waals surface area contributed by atoms with E-state index in [1.54, 1.807) is 37.3 Å². The van der Waals surface area contributed by atoms with Crippen LogP contribution in [0, 0.1) is 0 Å². The van der Waals surface area contributed by atoms with Crippen molar-refractivity contribution in [3.63, 3.8) is 0 Å². The van der Waals surface area contributed by atoms with Crippen LogP contribution >= 0.6 is 27.5 Å². The van der Waals surface area contributed by atoms with E-state index in [0.29, 0.717) is 9.50 Å². The van der Waals surface area contributed by atoms with Crippen molar-refractivity contribution in [2.45, 2.75) is 17.9 Å². The van der Waals surface area contributed by atoms with Crippen molar-refractivity contribution in [3.8, 4) is 0 Å². The second kappa shape index (κ2) is 6.36. The van der Waals surface area contributed by atoms with Gasteiger partial charge < -0.3 is 5.73 Å². The van der Waals surface area contributed by atoms with Crippen molar-refractivity contribution in [2.24, 2.45) is 0 Å². The predicted molar refractivity (Wildman–Crippen MR) is 88.7 cm³/mol. The number of hydrogen-bond acceptors (Lipinski definition) is 3. The average molecular weight is 390 g/mol. The number of anilines is 1. The van der Waals surface area contributed by atoms with Crippen LogP contribution in [0.5, 0.6) is 0 Å². The first kappa shape index (κ1) is 16.3. The SMILES string of the molecule is CC(NS(=O)(=O)c1cc(Br)ccc1N)c1cccc(Cl)c1. The first-order chi connectivity index (χ1) is 9.79. The molecule has 0 aromatic heterocycles. The van der Waals surface area contributed by atoms with Gasteiger partial charge in [0.05, 0.1) is 5.69 Å². The Morgan fingerprint density at radius 1 is 1.24 bits per heavy atom. The van der Waals surface area contributed by atoms with E-state index in [1.807, 2.05) is 6.07 Å². The molecule has 4 nitrogen and oxygen atoms in total. The summed E-state index contributed by atoms with van der Waals surface area (Å²) in [4.78, 5) is 0.0470. The highest BCUT2D eigenvalue weighted by Crippen LogP contribution is 2.25. The molecule has 112 valence electrons. The van der Waals surface area contributed by atoms with E-state index in [-0.39, 0.29) is 10.6 Å². The fraction of sp³-hybridized carbons (Fsp3) is 0.143. The maximum atomic E-state index is 12.4. The number of sulfonamides is 1. The summed E-state index contributed by atoms with van der Waals surface area (Å²) in [7, 11) is -3.72. The van der Waals surface area contributed by atoms with Gasteiger partial charge in [-0.1, -0.05) is 39.7 Å². The molecule has 0 radical (unpaired) electrons. The summed E-state index contributed by atoms with van der Waals surface area (Å²) >= 11 is 9.16. The van der Waals surface area contributed by atoms with Gasteiger partial charge in [0.2, 0.25) is 10.0 Å². The second-order valence-corrected chi connectivity index (χ2v) is 7.61. The summed E-state index contributed by atoms with van der Waals surface area (Å²) in [5, 5.41) is 0.556. The summed E-state index contributed by atoms with van der Waals surface area (Å²) in [6.45, 7) is 1.75. The maximum absolute atomic E-state index is 12.4. The molecule has 3 N–H and O–H groups in total. The van der Waals surface area contributed by atoms with Gasteiger partial charge in [0.1, 0.15) is 4.90 Å². The monoisotopic (exact) mass is 388 g/mol. The first-order valence-corrected chi connectivity index (χ1v) is 8.78. The molecule has 7 heteroatoms. The van der Waals surface area contributed by atoms with Crippen LogP contribution in [-0.4, -0.2) is 8.42 Å². The highest BCUT2D eigenvalue weighted by Gasteiger charge is 2.21. The van der Waals surface area contributed by atoms with Crippen LogP contribution in [0.4, 0.5) is 5.69 Å². The van der Waals surface area contributed by atoms with Crippen LogP contribution in [0.3, 0.4) is 0 Å².